The van der Waals surface area contributed by atoms with Crippen molar-refractivity contribution < 1.29 is 0 Å². The van der Waals surface area contributed by atoms with E-state index in [9.17, 15) is 0 Å². The van der Waals surface area contributed by atoms with Gasteiger partial charge in [0.1, 0.15) is 0 Å². The second-order valence-corrected chi connectivity index (χ2v) is 4.28. The maximum atomic E-state index is 3.96. The summed E-state index contributed by atoms with van der Waals surface area (Å²) < 4.78 is 0. The Kier molecular flexibility index (Phi) is 3.84. The number of rotatable bonds is 3. The highest BCUT2D eigenvalue weighted by Crippen LogP contribution is 2.34. The van der Waals surface area contributed by atoms with Crippen LogP contribution in [0.3, 0.4) is 0 Å². The molecule has 0 aromatic rings. The van der Waals surface area contributed by atoms with E-state index in [-0.39, 0.29) is 0 Å². The third kappa shape index (κ3) is 3.00. The molecule has 0 aromatic carbocycles. The van der Waals surface area contributed by atoms with Crippen LogP contribution in [0.1, 0.15) is 52.4 Å². The van der Waals surface area contributed by atoms with Crippen LogP contribution in [-0.4, -0.2) is 0 Å². The molecule has 1 aliphatic rings. The number of allylic oxidation sites excluding steroid dienone is 1. The molecule has 0 aliphatic heterocycles. The van der Waals surface area contributed by atoms with Gasteiger partial charge in [0.2, 0.25) is 0 Å². The van der Waals surface area contributed by atoms with Crippen molar-refractivity contribution in [1.82, 2.24) is 0 Å². The van der Waals surface area contributed by atoms with Crippen LogP contribution >= 0.6 is 0 Å². The van der Waals surface area contributed by atoms with Gasteiger partial charge < -0.3 is 0 Å². The SMILES string of the molecule is C=C(C)CCC1CCCC[C]1C. The quantitative estimate of drug-likeness (QED) is 0.552. The van der Waals surface area contributed by atoms with Crippen LogP contribution in [0.2, 0.25) is 0 Å². The first-order chi connectivity index (χ1) is 5.70. The molecule has 1 atom stereocenters. The van der Waals surface area contributed by atoms with Crippen molar-refractivity contribution in [2.75, 3.05) is 0 Å². The third-order valence-electron chi connectivity index (χ3n) is 2.99. The molecule has 0 saturated heterocycles. The zero-order valence-corrected chi connectivity index (χ0v) is 8.53. The van der Waals surface area contributed by atoms with Gasteiger partial charge in [-0.2, -0.15) is 0 Å². The molecule has 1 saturated carbocycles. The molecular weight excluding hydrogens is 144 g/mol. The smallest absolute Gasteiger partial charge is 0.0241 e. The first kappa shape index (κ1) is 9.83. The van der Waals surface area contributed by atoms with Gasteiger partial charge in [-0.25, -0.2) is 0 Å². The van der Waals surface area contributed by atoms with E-state index in [0.717, 1.165) is 5.92 Å². The average molecular weight is 165 g/mol. The van der Waals surface area contributed by atoms with Crippen molar-refractivity contribution in [1.29, 1.82) is 0 Å². The monoisotopic (exact) mass is 165 g/mol. The number of hydrogen-bond donors (Lipinski definition) is 0. The number of hydrogen-bond acceptors (Lipinski definition) is 0. The molecule has 0 spiro atoms. The summed E-state index contributed by atoms with van der Waals surface area (Å²) in [4.78, 5) is 0. The normalized spacial score (nSPS) is 25.7. The van der Waals surface area contributed by atoms with Gasteiger partial charge in [-0.3, -0.25) is 0 Å². The summed E-state index contributed by atoms with van der Waals surface area (Å²) in [7, 11) is 0. The first-order valence-electron chi connectivity index (χ1n) is 5.17. The summed E-state index contributed by atoms with van der Waals surface area (Å²) >= 11 is 0. The summed E-state index contributed by atoms with van der Waals surface area (Å²) in [6.45, 7) is 8.43. The molecule has 0 heterocycles. The second kappa shape index (κ2) is 4.69. The van der Waals surface area contributed by atoms with Crippen LogP contribution in [0.5, 0.6) is 0 Å². The van der Waals surface area contributed by atoms with Crippen molar-refractivity contribution in [2.45, 2.75) is 52.4 Å². The van der Waals surface area contributed by atoms with Crippen LogP contribution in [0.4, 0.5) is 0 Å². The molecule has 0 bridgehead atoms. The minimum atomic E-state index is 0.912. The van der Waals surface area contributed by atoms with Gasteiger partial charge in [-0.05, 0) is 44.4 Å². The van der Waals surface area contributed by atoms with Gasteiger partial charge in [-0.15, -0.1) is 6.58 Å². The van der Waals surface area contributed by atoms with E-state index in [1.807, 2.05) is 0 Å². The Balaban J connectivity index is 2.24. The fourth-order valence-electron chi connectivity index (χ4n) is 2.06. The minimum Gasteiger partial charge on any atom is -0.100 e. The van der Waals surface area contributed by atoms with Gasteiger partial charge in [0, 0.05) is 0 Å². The lowest BCUT2D eigenvalue weighted by molar-refractivity contribution is 0.375. The standard InChI is InChI=1S/C12H21/c1-10(2)8-9-12-7-5-4-6-11(12)3/h12H,1,4-9H2,2-3H3. The van der Waals surface area contributed by atoms with E-state index in [1.54, 1.807) is 5.92 Å². The van der Waals surface area contributed by atoms with E-state index in [0.29, 0.717) is 0 Å². The Morgan fingerprint density at radius 1 is 1.50 bits per heavy atom. The molecule has 69 valence electrons. The summed E-state index contributed by atoms with van der Waals surface area (Å²) in [5, 5.41) is 0. The van der Waals surface area contributed by atoms with Gasteiger partial charge in [0.05, 0.1) is 0 Å². The molecule has 1 fully saturated rings. The molecule has 12 heavy (non-hydrogen) atoms. The molecular formula is C12H21. The topological polar surface area (TPSA) is 0 Å². The molecule has 0 heteroatoms. The zero-order valence-electron chi connectivity index (χ0n) is 8.53. The average Bonchev–Trinajstić information content (AvgIpc) is 2.03. The molecule has 0 aromatic heterocycles. The molecule has 1 unspecified atom stereocenters. The van der Waals surface area contributed by atoms with Crippen molar-refractivity contribution in [3.8, 4) is 0 Å². The first-order valence-corrected chi connectivity index (χ1v) is 5.17. The molecule has 0 amide bonds. The Morgan fingerprint density at radius 2 is 2.25 bits per heavy atom. The highest BCUT2D eigenvalue weighted by Gasteiger charge is 2.20. The van der Waals surface area contributed by atoms with E-state index in [4.69, 9.17) is 0 Å². The maximum absolute atomic E-state index is 3.96. The van der Waals surface area contributed by atoms with E-state index >= 15 is 0 Å². The van der Waals surface area contributed by atoms with Gasteiger partial charge >= 0.3 is 0 Å². The Hall–Kier alpha value is -0.260. The minimum absolute atomic E-state index is 0.912. The Morgan fingerprint density at radius 3 is 2.83 bits per heavy atom. The second-order valence-electron chi connectivity index (χ2n) is 4.28. The summed E-state index contributed by atoms with van der Waals surface area (Å²) in [6, 6.07) is 0. The predicted octanol–water partition coefficient (Wildman–Crippen LogP) is 4.13. The van der Waals surface area contributed by atoms with Crippen molar-refractivity contribution in [3.63, 3.8) is 0 Å². The summed E-state index contributed by atoms with van der Waals surface area (Å²) in [5.74, 6) is 2.65. The summed E-state index contributed by atoms with van der Waals surface area (Å²) in [5.41, 5.74) is 1.34. The largest absolute Gasteiger partial charge is 0.100 e. The van der Waals surface area contributed by atoms with Crippen LogP contribution in [0.15, 0.2) is 12.2 Å². The van der Waals surface area contributed by atoms with Crippen LogP contribution < -0.4 is 0 Å². The van der Waals surface area contributed by atoms with Crippen LogP contribution in [0, 0.1) is 11.8 Å². The van der Waals surface area contributed by atoms with Gasteiger partial charge in [-0.1, -0.05) is 25.3 Å². The van der Waals surface area contributed by atoms with E-state index in [2.05, 4.69) is 20.4 Å². The van der Waals surface area contributed by atoms with Crippen molar-refractivity contribution >= 4 is 0 Å². The lowest BCUT2D eigenvalue weighted by Crippen LogP contribution is -2.14. The zero-order chi connectivity index (χ0) is 8.97. The molecule has 0 nitrogen and oxygen atoms in total. The molecule has 1 radical (unpaired) electrons. The fourth-order valence-corrected chi connectivity index (χ4v) is 2.06. The van der Waals surface area contributed by atoms with E-state index in [1.165, 1.54) is 44.1 Å². The lowest BCUT2D eigenvalue weighted by Gasteiger charge is -2.28. The highest BCUT2D eigenvalue weighted by atomic mass is 14.3. The molecule has 0 N–H and O–H groups in total. The van der Waals surface area contributed by atoms with Crippen LogP contribution in [-0.2, 0) is 0 Å². The van der Waals surface area contributed by atoms with E-state index < -0.39 is 0 Å². The fraction of sp³-hybridized carbons (Fsp3) is 0.750. The highest BCUT2D eigenvalue weighted by molar-refractivity contribution is 4.98. The Labute approximate surface area is 77.1 Å². The molecule has 1 rings (SSSR count). The van der Waals surface area contributed by atoms with Crippen molar-refractivity contribution in [2.24, 2.45) is 5.92 Å². The predicted molar refractivity (Wildman–Crippen MR) is 54.9 cm³/mol. The van der Waals surface area contributed by atoms with Crippen LogP contribution in [0.25, 0.3) is 0 Å². The molecule has 1 aliphatic carbocycles. The third-order valence-corrected chi connectivity index (χ3v) is 2.99. The lowest BCUT2D eigenvalue weighted by atomic mass is 9.78. The Bertz CT molecular complexity index is 146. The van der Waals surface area contributed by atoms with Gasteiger partial charge in [0.15, 0.2) is 0 Å². The van der Waals surface area contributed by atoms with Gasteiger partial charge in [0.25, 0.3) is 0 Å². The maximum Gasteiger partial charge on any atom is -0.0241 e. The summed E-state index contributed by atoms with van der Waals surface area (Å²) in [6.07, 6.45) is 8.25. The van der Waals surface area contributed by atoms with Crippen molar-refractivity contribution in [3.05, 3.63) is 18.1 Å².